The average Bonchev–Trinajstić information content (AvgIpc) is 3.39. The van der Waals surface area contributed by atoms with E-state index < -0.39 is 6.10 Å². The number of benzene rings is 2. The number of carbonyl (C=O) groups excluding carboxylic acids is 1. The van der Waals surface area contributed by atoms with E-state index in [0.29, 0.717) is 11.6 Å². The van der Waals surface area contributed by atoms with Gasteiger partial charge in [-0.3, -0.25) is 4.79 Å². The fourth-order valence-electron chi connectivity index (χ4n) is 3.05. The van der Waals surface area contributed by atoms with Gasteiger partial charge in [-0.05, 0) is 42.9 Å². The molecule has 1 aliphatic carbocycles. The summed E-state index contributed by atoms with van der Waals surface area (Å²) >= 11 is 6.62. The summed E-state index contributed by atoms with van der Waals surface area (Å²) in [7, 11) is 0. The molecule has 0 radical (unpaired) electrons. The summed E-state index contributed by atoms with van der Waals surface area (Å²) in [5, 5.41) is 21.0. The van der Waals surface area contributed by atoms with Crippen LogP contribution in [0.25, 0.3) is 22.2 Å². The van der Waals surface area contributed by atoms with Crippen LogP contribution < -0.4 is 5.32 Å². The predicted octanol–water partition coefficient (Wildman–Crippen LogP) is 3.16. The van der Waals surface area contributed by atoms with Gasteiger partial charge in [-0.15, -0.1) is 5.10 Å². The van der Waals surface area contributed by atoms with Crippen molar-refractivity contribution >= 4 is 28.5 Å². The third-order valence-corrected chi connectivity index (χ3v) is 5.25. The second kappa shape index (κ2) is 7.29. The number of rotatable bonds is 6. The lowest BCUT2D eigenvalue weighted by Gasteiger charge is -2.09. The number of nitrogens with one attached hydrogen (secondary N) is 1. The van der Waals surface area contributed by atoms with E-state index in [1.54, 1.807) is 0 Å². The number of aliphatic hydroxyl groups excluding tert-OH is 1. The molecule has 1 amide bonds. The van der Waals surface area contributed by atoms with Crippen molar-refractivity contribution < 1.29 is 9.90 Å². The number of carbonyl (C=O) groups is 1. The summed E-state index contributed by atoms with van der Waals surface area (Å²) in [6, 6.07) is 11.8. The Kier molecular flexibility index (Phi) is 4.85. The van der Waals surface area contributed by atoms with Crippen molar-refractivity contribution in [2.24, 2.45) is 5.92 Å². The van der Waals surface area contributed by atoms with E-state index in [-0.39, 0.29) is 5.91 Å². The number of aromatic nitrogens is 3. The Morgan fingerprint density at radius 2 is 2.04 bits per heavy atom. The first-order valence-corrected chi connectivity index (χ1v) is 9.47. The Morgan fingerprint density at radius 3 is 2.70 bits per heavy atom. The molecule has 1 saturated carbocycles. The lowest BCUT2D eigenvalue weighted by atomic mass is 10.0. The molecule has 27 heavy (non-hydrogen) atoms. The van der Waals surface area contributed by atoms with Crippen LogP contribution in [-0.4, -0.2) is 32.1 Å². The van der Waals surface area contributed by atoms with E-state index in [1.807, 2.05) is 41.1 Å². The molecule has 1 atom stereocenters. The van der Waals surface area contributed by atoms with Gasteiger partial charge in [-0.2, -0.15) is 0 Å². The van der Waals surface area contributed by atoms with Crippen LogP contribution in [0.4, 0.5) is 0 Å². The number of hydrogen-bond acceptors (Lipinski definition) is 4. The summed E-state index contributed by atoms with van der Waals surface area (Å²) in [5.74, 6) is 0.331. The van der Waals surface area contributed by atoms with Crippen LogP contribution in [0.5, 0.6) is 0 Å². The third-order valence-electron chi connectivity index (χ3n) is 4.86. The maximum absolute atomic E-state index is 11.5. The van der Waals surface area contributed by atoms with E-state index in [0.717, 1.165) is 40.2 Å². The number of fused-ring (bicyclic) bond motifs is 1. The van der Waals surface area contributed by atoms with Crippen molar-refractivity contribution in [1.29, 1.82) is 0 Å². The molecule has 6 nitrogen and oxygen atoms in total. The van der Waals surface area contributed by atoms with Crippen LogP contribution in [0.1, 0.15) is 25.3 Å². The van der Waals surface area contributed by atoms with E-state index in [2.05, 4.69) is 15.6 Å². The van der Waals surface area contributed by atoms with Crippen LogP contribution >= 0.6 is 11.6 Å². The van der Waals surface area contributed by atoms with Gasteiger partial charge in [-0.1, -0.05) is 47.1 Å². The number of nitrogens with zero attached hydrogens (tertiary/aromatic N) is 3. The molecule has 0 saturated heterocycles. The van der Waals surface area contributed by atoms with Gasteiger partial charge in [0.2, 0.25) is 5.91 Å². The smallest absolute Gasteiger partial charge is 0.248 e. The number of amides is 1. The highest BCUT2D eigenvalue weighted by Crippen LogP contribution is 2.35. The highest BCUT2D eigenvalue weighted by Gasteiger charge is 2.23. The molecule has 1 fully saturated rings. The van der Waals surface area contributed by atoms with Crippen LogP contribution in [0.15, 0.2) is 36.4 Å². The Morgan fingerprint density at radius 1 is 1.30 bits per heavy atom. The maximum atomic E-state index is 11.5. The predicted molar refractivity (Wildman–Crippen MR) is 104 cm³/mol. The second-order valence-electron chi connectivity index (χ2n) is 7.10. The van der Waals surface area contributed by atoms with Crippen LogP contribution in [0.3, 0.4) is 0 Å². The zero-order valence-corrected chi connectivity index (χ0v) is 15.8. The van der Waals surface area contributed by atoms with Crippen LogP contribution in [-0.2, 0) is 17.9 Å². The maximum Gasteiger partial charge on any atom is 0.248 e. The molecular formula is C20H21ClN4O2. The first-order valence-electron chi connectivity index (χ1n) is 9.09. The minimum atomic E-state index is -1.01. The van der Waals surface area contributed by atoms with Crippen molar-refractivity contribution in [2.75, 3.05) is 0 Å². The summed E-state index contributed by atoms with van der Waals surface area (Å²) < 4.78 is 1.94. The molecule has 0 bridgehead atoms. The minimum absolute atomic E-state index is 0.367. The topological polar surface area (TPSA) is 80.0 Å². The summed E-state index contributed by atoms with van der Waals surface area (Å²) in [5.41, 5.74) is 4.52. The molecule has 0 spiro atoms. The summed E-state index contributed by atoms with van der Waals surface area (Å²) in [6.45, 7) is 2.71. The molecular weight excluding hydrogens is 364 g/mol. The van der Waals surface area contributed by atoms with Crippen molar-refractivity contribution in [2.45, 2.75) is 39.0 Å². The monoisotopic (exact) mass is 384 g/mol. The first-order chi connectivity index (χ1) is 13.0. The van der Waals surface area contributed by atoms with Gasteiger partial charge in [0.05, 0.1) is 10.5 Å². The largest absolute Gasteiger partial charge is 0.384 e. The van der Waals surface area contributed by atoms with Crippen molar-refractivity contribution in [3.8, 4) is 11.1 Å². The zero-order chi connectivity index (χ0) is 19.0. The van der Waals surface area contributed by atoms with Crippen LogP contribution in [0, 0.1) is 5.92 Å². The molecule has 4 rings (SSSR count). The number of hydrogen-bond donors (Lipinski definition) is 2. The SMILES string of the molecule is CC(O)C(=O)NCc1ccc(-c2ccc3c(nnn3CC3CC3)c2Cl)cc1. The quantitative estimate of drug-likeness (QED) is 0.684. The van der Waals surface area contributed by atoms with Gasteiger partial charge in [0.25, 0.3) is 0 Å². The first kappa shape index (κ1) is 17.9. The van der Waals surface area contributed by atoms with Gasteiger partial charge in [0, 0.05) is 18.7 Å². The molecule has 1 unspecified atom stereocenters. The third kappa shape index (κ3) is 3.82. The van der Waals surface area contributed by atoms with Gasteiger partial charge < -0.3 is 10.4 Å². The Bertz CT molecular complexity index is 978. The van der Waals surface area contributed by atoms with Gasteiger partial charge in [0.1, 0.15) is 11.6 Å². The summed E-state index contributed by atoms with van der Waals surface area (Å²) in [4.78, 5) is 11.5. The van der Waals surface area contributed by atoms with Crippen molar-refractivity contribution in [1.82, 2.24) is 20.3 Å². The normalized spacial score (nSPS) is 15.1. The van der Waals surface area contributed by atoms with E-state index >= 15 is 0 Å². The molecule has 7 heteroatoms. The highest BCUT2D eigenvalue weighted by atomic mass is 35.5. The van der Waals surface area contributed by atoms with E-state index in [1.165, 1.54) is 19.8 Å². The van der Waals surface area contributed by atoms with Gasteiger partial charge in [-0.25, -0.2) is 4.68 Å². The van der Waals surface area contributed by atoms with Gasteiger partial charge >= 0.3 is 0 Å². The fraction of sp³-hybridized carbons (Fsp3) is 0.350. The molecule has 140 valence electrons. The molecule has 2 aromatic carbocycles. The average molecular weight is 385 g/mol. The fourth-order valence-corrected chi connectivity index (χ4v) is 3.35. The molecule has 2 N–H and O–H groups in total. The molecule has 1 aliphatic rings. The molecule has 0 aliphatic heterocycles. The lowest BCUT2D eigenvalue weighted by Crippen LogP contribution is -2.31. The standard InChI is InChI=1S/C20H21ClN4O2/c1-12(26)20(27)22-10-13-4-6-15(7-5-13)16-8-9-17-19(18(16)21)23-24-25(17)11-14-2-3-14/h4-9,12,14,26H,2-3,10-11H2,1H3,(H,22,27). The van der Waals surface area contributed by atoms with Crippen molar-refractivity contribution in [3.05, 3.63) is 47.0 Å². The molecule has 3 aromatic rings. The Hall–Kier alpha value is -2.44. The second-order valence-corrected chi connectivity index (χ2v) is 7.48. The molecule has 1 aromatic heterocycles. The van der Waals surface area contributed by atoms with Gasteiger partial charge in [0.15, 0.2) is 0 Å². The molecule has 1 heterocycles. The lowest BCUT2D eigenvalue weighted by molar-refractivity contribution is -0.128. The highest BCUT2D eigenvalue weighted by molar-refractivity contribution is 6.37. The zero-order valence-electron chi connectivity index (χ0n) is 15.0. The van der Waals surface area contributed by atoms with E-state index in [9.17, 15) is 9.90 Å². The minimum Gasteiger partial charge on any atom is -0.384 e. The van der Waals surface area contributed by atoms with Crippen molar-refractivity contribution in [3.63, 3.8) is 0 Å². The Balaban J connectivity index is 1.55. The van der Waals surface area contributed by atoms with Crippen LogP contribution in [0.2, 0.25) is 5.02 Å². The number of halogens is 1. The van der Waals surface area contributed by atoms with E-state index in [4.69, 9.17) is 11.6 Å². The summed E-state index contributed by atoms with van der Waals surface area (Å²) in [6.07, 6.45) is 1.51. The number of aliphatic hydroxyl groups is 1. The Labute approximate surface area is 162 Å².